The van der Waals surface area contributed by atoms with E-state index < -0.39 is 0 Å². The summed E-state index contributed by atoms with van der Waals surface area (Å²) in [6, 6.07) is 7.65. The van der Waals surface area contributed by atoms with Crippen LogP contribution in [0.15, 0.2) is 36.4 Å². The molecule has 0 saturated carbocycles. The molecule has 1 aliphatic rings. The van der Waals surface area contributed by atoms with Gasteiger partial charge in [0.05, 0.1) is 12.8 Å². The fourth-order valence-electron chi connectivity index (χ4n) is 2.77. The molecule has 1 aromatic heterocycles. The first-order valence-corrected chi connectivity index (χ1v) is 9.28. The summed E-state index contributed by atoms with van der Waals surface area (Å²) in [5.41, 5.74) is 2.23. The van der Waals surface area contributed by atoms with Crippen LogP contribution in [-0.4, -0.2) is 46.1 Å². The Labute approximate surface area is 163 Å². The van der Waals surface area contributed by atoms with Crippen LogP contribution in [-0.2, 0) is 11.3 Å². The molecule has 28 heavy (non-hydrogen) atoms. The molecule has 0 fully saturated rings. The minimum atomic E-state index is -0.190. The summed E-state index contributed by atoms with van der Waals surface area (Å²) in [6.45, 7) is 3.82. The first-order chi connectivity index (χ1) is 13.6. The van der Waals surface area contributed by atoms with E-state index in [4.69, 9.17) is 4.74 Å². The number of ether oxygens (including phenoxy) is 1. The summed E-state index contributed by atoms with van der Waals surface area (Å²) in [4.78, 5) is 13.2. The molecule has 0 amide bonds. The fourth-order valence-corrected chi connectivity index (χ4v) is 2.77. The summed E-state index contributed by atoms with van der Waals surface area (Å²) in [7, 11) is 1.63. The van der Waals surface area contributed by atoms with E-state index in [0.717, 1.165) is 36.5 Å². The van der Waals surface area contributed by atoms with Gasteiger partial charge in [-0.1, -0.05) is 19.1 Å². The zero-order valence-electron chi connectivity index (χ0n) is 16.1. The molecule has 148 valence electrons. The van der Waals surface area contributed by atoms with Crippen LogP contribution in [0.2, 0.25) is 0 Å². The van der Waals surface area contributed by atoms with Crippen LogP contribution in [0.1, 0.15) is 31.0 Å². The Bertz CT molecular complexity index is 884. The van der Waals surface area contributed by atoms with Gasteiger partial charge < -0.3 is 20.5 Å². The molecule has 8 heteroatoms. The number of benzene rings is 1. The molecule has 3 N–H and O–H groups in total. The van der Waals surface area contributed by atoms with Gasteiger partial charge in [-0.15, -0.1) is 10.2 Å². The number of methoxy groups -OCH3 is 1. The molecular weight excluding hydrogens is 358 g/mol. The maximum atomic E-state index is 11.7. The van der Waals surface area contributed by atoms with Crippen molar-refractivity contribution in [3.63, 3.8) is 0 Å². The highest BCUT2D eigenvalue weighted by molar-refractivity contribution is 5.95. The number of nitrogens with zero attached hydrogens (tertiary/aromatic N) is 3. The minimum absolute atomic E-state index is 0.172. The second-order valence-corrected chi connectivity index (χ2v) is 6.39. The number of nitrogens with one attached hydrogen (secondary N) is 2. The largest absolute Gasteiger partial charge is 0.505 e. The number of ketones is 1. The lowest BCUT2D eigenvalue weighted by molar-refractivity contribution is -0.114. The molecule has 2 aromatic rings. The van der Waals surface area contributed by atoms with Crippen molar-refractivity contribution >= 4 is 23.1 Å². The Morgan fingerprint density at radius 3 is 2.79 bits per heavy atom. The summed E-state index contributed by atoms with van der Waals surface area (Å²) in [5, 5.41) is 25.8. The molecule has 0 bridgehead atoms. The normalized spacial score (nSPS) is 14.5. The highest BCUT2D eigenvalue weighted by atomic mass is 16.5. The Kier molecular flexibility index (Phi) is 6.44. The molecule has 0 saturated heterocycles. The molecule has 0 spiro atoms. The monoisotopic (exact) mass is 383 g/mol. The second-order valence-electron chi connectivity index (χ2n) is 6.39. The summed E-state index contributed by atoms with van der Waals surface area (Å²) in [5.74, 6) is 0.846. The van der Waals surface area contributed by atoms with Gasteiger partial charge in [0, 0.05) is 38.6 Å². The smallest absolute Gasteiger partial charge is 0.180 e. The number of aliphatic hydroxyl groups is 1. The fraction of sp³-hybridized carbons (Fsp3) is 0.350. The van der Waals surface area contributed by atoms with Gasteiger partial charge in [0.25, 0.3) is 0 Å². The van der Waals surface area contributed by atoms with Crippen molar-refractivity contribution in [3.8, 4) is 5.75 Å². The zero-order valence-corrected chi connectivity index (χ0v) is 16.1. The maximum absolute atomic E-state index is 11.7. The minimum Gasteiger partial charge on any atom is -0.505 e. The SMILES string of the molecule is CCC(=O)/C=C(\O)c1nn(C2=CCNCC2)nc1NCc1ccc(OC)cc1. The van der Waals surface area contributed by atoms with Crippen LogP contribution in [0.3, 0.4) is 0 Å². The predicted octanol–water partition coefficient (Wildman–Crippen LogP) is 2.61. The van der Waals surface area contributed by atoms with Crippen LogP contribution in [0.5, 0.6) is 5.75 Å². The number of aliphatic hydroxyl groups excluding tert-OH is 1. The lowest BCUT2D eigenvalue weighted by Crippen LogP contribution is -2.22. The van der Waals surface area contributed by atoms with Crippen molar-refractivity contribution in [1.82, 2.24) is 20.3 Å². The Hall–Kier alpha value is -3.13. The molecule has 8 nitrogen and oxygen atoms in total. The van der Waals surface area contributed by atoms with E-state index in [9.17, 15) is 9.90 Å². The maximum Gasteiger partial charge on any atom is 0.180 e. The van der Waals surface area contributed by atoms with Gasteiger partial charge >= 0.3 is 0 Å². The van der Waals surface area contributed by atoms with Gasteiger partial charge in [0.2, 0.25) is 0 Å². The number of carbonyl (C=O) groups is 1. The van der Waals surface area contributed by atoms with Gasteiger partial charge in [0.15, 0.2) is 23.1 Å². The number of hydrogen-bond donors (Lipinski definition) is 3. The third kappa shape index (κ3) is 4.77. The third-order valence-electron chi connectivity index (χ3n) is 4.42. The average molecular weight is 383 g/mol. The number of anilines is 1. The quantitative estimate of drug-likeness (QED) is 0.476. The first-order valence-electron chi connectivity index (χ1n) is 9.28. The second kappa shape index (κ2) is 9.18. The molecular formula is C20H25N5O3. The van der Waals surface area contributed by atoms with E-state index in [0.29, 0.717) is 18.8 Å². The lowest BCUT2D eigenvalue weighted by Gasteiger charge is -2.12. The van der Waals surface area contributed by atoms with Gasteiger partial charge in [-0.2, -0.15) is 4.80 Å². The molecule has 0 aliphatic carbocycles. The summed E-state index contributed by atoms with van der Waals surface area (Å²) < 4.78 is 5.17. The summed E-state index contributed by atoms with van der Waals surface area (Å²) in [6.07, 6.45) is 4.30. The predicted molar refractivity (Wildman–Crippen MR) is 108 cm³/mol. The zero-order chi connectivity index (χ0) is 19.9. The Morgan fingerprint density at radius 2 is 2.14 bits per heavy atom. The molecule has 3 rings (SSSR count). The van der Waals surface area contributed by atoms with E-state index in [1.807, 2.05) is 30.3 Å². The van der Waals surface area contributed by atoms with Crippen LogP contribution < -0.4 is 15.4 Å². The van der Waals surface area contributed by atoms with Crippen LogP contribution in [0, 0.1) is 0 Å². The van der Waals surface area contributed by atoms with Gasteiger partial charge in [-0.3, -0.25) is 4.79 Å². The van der Waals surface area contributed by atoms with Crippen LogP contribution >= 0.6 is 0 Å². The third-order valence-corrected chi connectivity index (χ3v) is 4.42. The number of hydrogen-bond acceptors (Lipinski definition) is 7. The van der Waals surface area contributed by atoms with Crippen molar-refractivity contribution in [2.45, 2.75) is 26.3 Å². The number of rotatable bonds is 8. The average Bonchev–Trinajstić information content (AvgIpc) is 3.17. The van der Waals surface area contributed by atoms with Gasteiger partial charge in [-0.05, 0) is 23.8 Å². The molecule has 0 radical (unpaired) electrons. The molecule has 0 unspecified atom stereocenters. The van der Waals surface area contributed by atoms with E-state index >= 15 is 0 Å². The van der Waals surface area contributed by atoms with Crippen molar-refractivity contribution in [2.24, 2.45) is 0 Å². The van der Waals surface area contributed by atoms with Crippen molar-refractivity contribution in [2.75, 3.05) is 25.5 Å². The number of carbonyl (C=O) groups excluding carboxylic acids is 1. The van der Waals surface area contributed by atoms with Crippen LogP contribution in [0.25, 0.3) is 11.5 Å². The topological polar surface area (TPSA) is 101 Å². The Balaban J connectivity index is 1.85. The van der Waals surface area contributed by atoms with Crippen molar-refractivity contribution in [3.05, 3.63) is 47.7 Å². The summed E-state index contributed by atoms with van der Waals surface area (Å²) >= 11 is 0. The lowest BCUT2D eigenvalue weighted by atomic mass is 10.2. The van der Waals surface area contributed by atoms with Crippen LogP contribution in [0.4, 0.5) is 5.82 Å². The van der Waals surface area contributed by atoms with Gasteiger partial charge in [-0.25, -0.2) is 0 Å². The highest BCUT2D eigenvalue weighted by Crippen LogP contribution is 2.22. The van der Waals surface area contributed by atoms with E-state index in [1.54, 1.807) is 14.0 Å². The van der Waals surface area contributed by atoms with E-state index in [-0.39, 0.29) is 17.2 Å². The van der Waals surface area contributed by atoms with Crippen molar-refractivity contribution < 1.29 is 14.6 Å². The van der Waals surface area contributed by atoms with E-state index in [1.165, 1.54) is 10.9 Å². The molecule has 0 atom stereocenters. The number of aromatic nitrogens is 3. The van der Waals surface area contributed by atoms with E-state index in [2.05, 4.69) is 20.8 Å². The standard InChI is InChI=1S/C20H25N5O3/c1-3-16(26)12-18(27)19-20(22-13-14-4-6-17(28-2)7-5-14)24-25(23-19)15-8-10-21-11-9-15/h4-8,12,21,27H,3,9-11,13H2,1-2H3,(H,22,24)/b18-12-. The first kappa shape index (κ1) is 19.6. The molecule has 1 aliphatic heterocycles. The Morgan fingerprint density at radius 1 is 1.36 bits per heavy atom. The highest BCUT2D eigenvalue weighted by Gasteiger charge is 2.18. The molecule has 1 aromatic carbocycles. The molecule has 2 heterocycles. The number of allylic oxidation sites excluding steroid dienone is 1. The van der Waals surface area contributed by atoms with Crippen molar-refractivity contribution in [1.29, 1.82) is 0 Å². The van der Waals surface area contributed by atoms with Gasteiger partial charge in [0.1, 0.15) is 5.75 Å².